The summed E-state index contributed by atoms with van der Waals surface area (Å²) in [5, 5.41) is 10.0. The molecule has 3 aromatic carbocycles. The third-order valence-electron chi connectivity index (χ3n) is 5.13. The first-order chi connectivity index (χ1) is 13.9. The first-order valence-corrected chi connectivity index (χ1v) is 11.3. The van der Waals surface area contributed by atoms with Gasteiger partial charge in [0.2, 0.25) is 0 Å². The number of aromatic hydroxyl groups is 1. The van der Waals surface area contributed by atoms with Crippen LogP contribution in [0.3, 0.4) is 0 Å². The van der Waals surface area contributed by atoms with Crippen molar-refractivity contribution in [3.05, 3.63) is 89.6 Å². The van der Waals surface area contributed by atoms with Crippen molar-refractivity contribution in [2.75, 3.05) is 10.7 Å². The summed E-state index contributed by atoms with van der Waals surface area (Å²) in [6.45, 7) is 2.07. The Bertz CT molecular complexity index is 1190. The first-order valence-electron chi connectivity index (χ1n) is 9.22. The molecule has 0 aromatic heterocycles. The van der Waals surface area contributed by atoms with Gasteiger partial charge in [0.05, 0.1) is 16.7 Å². The van der Waals surface area contributed by atoms with Gasteiger partial charge in [-0.3, -0.25) is 0 Å². The molecule has 148 valence electrons. The van der Waals surface area contributed by atoms with Crippen LogP contribution < -0.4 is 4.90 Å². The first kappa shape index (κ1) is 19.6. The molecule has 1 atom stereocenters. The summed E-state index contributed by atoms with van der Waals surface area (Å²) in [5.74, 6) is -0.0958. The van der Waals surface area contributed by atoms with Crippen molar-refractivity contribution in [3.8, 4) is 16.9 Å². The zero-order valence-electron chi connectivity index (χ0n) is 15.8. The minimum absolute atomic E-state index is 0.00577. The normalized spacial score (nSPS) is 15.9. The molecule has 0 spiro atoms. The van der Waals surface area contributed by atoms with E-state index in [-0.39, 0.29) is 22.4 Å². The summed E-state index contributed by atoms with van der Waals surface area (Å²) in [6, 6.07) is 19.5. The van der Waals surface area contributed by atoms with Crippen molar-refractivity contribution in [1.29, 1.82) is 0 Å². The maximum atomic E-state index is 12.6. The Kier molecular flexibility index (Phi) is 5.11. The molecular weight excluding hydrogens is 406 g/mol. The lowest BCUT2D eigenvalue weighted by molar-refractivity contribution is 0.475. The van der Waals surface area contributed by atoms with E-state index in [0.29, 0.717) is 5.02 Å². The molecule has 0 bridgehead atoms. The fourth-order valence-electron chi connectivity index (χ4n) is 3.65. The average Bonchev–Trinajstić information content (AvgIpc) is 2.71. The Hall–Kier alpha value is -2.76. The van der Waals surface area contributed by atoms with Crippen LogP contribution in [-0.4, -0.2) is 19.3 Å². The Morgan fingerprint density at radius 1 is 1.03 bits per heavy atom. The van der Waals surface area contributed by atoms with Crippen LogP contribution in [0.5, 0.6) is 5.75 Å². The monoisotopic (exact) mass is 425 g/mol. The molecule has 4 rings (SSSR count). The zero-order chi connectivity index (χ0) is 20.6. The van der Waals surface area contributed by atoms with E-state index < -0.39 is 9.84 Å². The SMILES string of the molecule is CC1c2cc(Cl)ccc2-c2ccccc2N1C=CCS(=O)(=O)c1ccc(O)cc1. The lowest BCUT2D eigenvalue weighted by atomic mass is 9.89. The van der Waals surface area contributed by atoms with E-state index in [1.807, 2.05) is 42.6 Å². The molecule has 0 amide bonds. The third kappa shape index (κ3) is 3.76. The van der Waals surface area contributed by atoms with Gasteiger partial charge >= 0.3 is 0 Å². The van der Waals surface area contributed by atoms with Crippen LogP contribution in [-0.2, 0) is 9.84 Å². The Morgan fingerprint density at radius 3 is 2.52 bits per heavy atom. The lowest BCUT2D eigenvalue weighted by Crippen LogP contribution is -2.25. The van der Waals surface area contributed by atoms with E-state index in [1.54, 1.807) is 6.08 Å². The van der Waals surface area contributed by atoms with Crippen LogP contribution in [0.25, 0.3) is 11.1 Å². The van der Waals surface area contributed by atoms with Gasteiger partial charge in [-0.25, -0.2) is 8.42 Å². The summed E-state index contributed by atoms with van der Waals surface area (Å²) >= 11 is 6.23. The molecule has 3 aromatic rings. The molecule has 0 aliphatic carbocycles. The molecule has 29 heavy (non-hydrogen) atoms. The van der Waals surface area contributed by atoms with Gasteiger partial charge in [0.15, 0.2) is 9.84 Å². The summed E-state index contributed by atoms with van der Waals surface area (Å²) in [6.07, 6.45) is 3.48. The molecule has 0 saturated carbocycles. The quantitative estimate of drug-likeness (QED) is 0.592. The van der Waals surface area contributed by atoms with E-state index in [9.17, 15) is 13.5 Å². The molecule has 1 unspecified atom stereocenters. The number of phenolic OH excluding ortho intramolecular Hbond substituents is 1. The third-order valence-corrected chi connectivity index (χ3v) is 6.99. The number of nitrogens with zero attached hydrogens (tertiary/aromatic N) is 1. The molecule has 6 heteroatoms. The van der Waals surface area contributed by atoms with Crippen LogP contribution in [0.4, 0.5) is 5.69 Å². The van der Waals surface area contributed by atoms with Gasteiger partial charge in [0.1, 0.15) is 5.75 Å². The Morgan fingerprint density at radius 2 is 1.76 bits per heavy atom. The zero-order valence-corrected chi connectivity index (χ0v) is 17.4. The van der Waals surface area contributed by atoms with Crippen LogP contribution in [0, 0.1) is 0 Å². The number of benzene rings is 3. The minimum Gasteiger partial charge on any atom is -0.508 e. The van der Waals surface area contributed by atoms with Gasteiger partial charge in [-0.15, -0.1) is 0 Å². The van der Waals surface area contributed by atoms with Crippen LogP contribution >= 0.6 is 11.6 Å². The number of hydrogen-bond donors (Lipinski definition) is 1. The van der Waals surface area contributed by atoms with E-state index in [0.717, 1.165) is 22.4 Å². The number of fused-ring (bicyclic) bond motifs is 3. The molecule has 0 fully saturated rings. The van der Waals surface area contributed by atoms with E-state index >= 15 is 0 Å². The number of phenols is 1. The highest BCUT2D eigenvalue weighted by molar-refractivity contribution is 7.91. The van der Waals surface area contributed by atoms with Crippen molar-refractivity contribution in [3.63, 3.8) is 0 Å². The largest absolute Gasteiger partial charge is 0.508 e. The smallest absolute Gasteiger partial charge is 0.181 e. The van der Waals surface area contributed by atoms with Gasteiger partial charge in [0, 0.05) is 22.5 Å². The predicted molar refractivity (Wildman–Crippen MR) is 117 cm³/mol. The van der Waals surface area contributed by atoms with Gasteiger partial charge in [0.25, 0.3) is 0 Å². The van der Waals surface area contributed by atoms with Crippen molar-refractivity contribution in [2.45, 2.75) is 17.9 Å². The van der Waals surface area contributed by atoms with E-state index in [2.05, 4.69) is 17.9 Å². The summed E-state index contributed by atoms with van der Waals surface area (Å²) in [4.78, 5) is 2.25. The number of hydrogen-bond acceptors (Lipinski definition) is 4. The fourth-order valence-corrected chi connectivity index (χ4v) is 4.92. The topological polar surface area (TPSA) is 57.6 Å². The second-order valence-electron chi connectivity index (χ2n) is 6.99. The molecule has 0 saturated heterocycles. The Labute approximate surface area is 175 Å². The summed E-state index contributed by atoms with van der Waals surface area (Å²) < 4.78 is 25.2. The van der Waals surface area contributed by atoms with Crippen molar-refractivity contribution in [2.24, 2.45) is 0 Å². The second-order valence-corrected chi connectivity index (χ2v) is 9.46. The highest BCUT2D eigenvalue weighted by atomic mass is 35.5. The van der Waals surface area contributed by atoms with Crippen LogP contribution in [0.1, 0.15) is 18.5 Å². The Balaban J connectivity index is 1.66. The van der Waals surface area contributed by atoms with Gasteiger partial charge in [-0.1, -0.05) is 41.9 Å². The average molecular weight is 426 g/mol. The van der Waals surface area contributed by atoms with Gasteiger partial charge in [-0.2, -0.15) is 0 Å². The van der Waals surface area contributed by atoms with E-state index in [4.69, 9.17) is 11.6 Å². The van der Waals surface area contributed by atoms with Crippen LogP contribution in [0.15, 0.2) is 83.9 Å². The van der Waals surface area contributed by atoms with Crippen molar-refractivity contribution >= 4 is 27.1 Å². The molecule has 1 aliphatic rings. The summed E-state index contributed by atoms with van der Waals surface area (Å²) in [7, 11) is -3.49. The summed E-state index contributed by atoms with van der Waals surface area (Å²) in [5.41, 5.74) is 4.34. The highest BCUT2D eigenvalue weighted by Gasteiger charge is 2.26. The second kappa shape index (κ2) is 7.58. The van der Waals surface area contributed by atoms with Crippen molar-refractivity contribution in [1.82, 2.24) is 0 Å². The number of rotatable bonds is 4. The molecule has 1 heterocycles. The highest BCUT2D eigenvalue weighted by Crippen LogP contribution is 2.45. The molecule has 4 nitrogen and oxygen atoms in total. The number of para-hydroxylation sites is 1. The van der Waals surface area contributed by atoms with Crippen molar-refractivity contribution < 1.29 is 13.5 Å². The molecule has 1 N–H and O–H groups in total. The standard InChI is InChI=1S/C23H20ClNO3S/c1-16-22-15-17(24)7-12-20(22)21-5-2-3-6-23(21)25(16)13-4-14-29(27,28)19-10-8-18(26)9-11-19/h2-13,15-16,26H,14H2,1H3. The molecule has 0 radical (unpaired) electrons. The maximum Gasteiger partial charge on any atom is 0.181 e. The predicted octanol–water partition coefficient (Wildman–Crippen LogP) is 5.58. The number of sulfone groups is 1. The molecular formula is C23H20ClNO3S. The number of halogens is 1. The fraction of sp³-hybridized carbons (Fsp3) is 0.130. The van der Waals surface area contributed by atoms with E-state index in [1.165, 1.54) is 24.3 Å². The van der Waals surface area contributed by atoms with Gasteiger partial charge in [-0.05, 0) is 60.5 Å². The minimum atomic E-state index is -3.49. The maximum absolute atomic E-state index is 12.6. The van der Waals surface area contributed by atoms with Crippen LogP contribution in [0.2, 0.25) is 5.02 Å². The molecule has 1 aliphatic heterocycles. The number of anilines is 1. The lowest BCUT2D eigenvalue weighted by Gasteiger charge is -2.36. The van der Waals surface area contributed by atoms with Gasteiger partial charge < -0.3 is 10.0 Å².